The van der Waals surface area contributed by atoms with Crippen LogP contribution >= 0.6 is 12.2 Å². The van der Waals surface area contributed by atoms with Gasteiger partial charge in [0, 0.05) is 12.2 Å². The van der Waals surface area contributed by atoms with Crippen molar-refractivity contribution in [3.05, 3.63) is 60.2 Å². The van der Waals surface area contributed by atoms with E-state index in [0.29, 0.717) is 18.3 Å². The van der Waals surface area contributed by atoms with Crippen LogP contribution in [-0.4, -0.2) is 11.7 Å². The Hall–Kier alpha value is -2.07. The van der Waals surface area contributed by atoms with Crippen molar-refractivity contribution >= 4 is 23.0 Å². The number of rotatable bonds is 5. The van der Waals surface area contributed by atoms with Crippen molar-refractivity contribution in [1.29, 1.82) is 0 Å². The van der Waals surface area contributed by atoms with Crippen LogP contribution in [0.3, 0.4) is 0 Å². The normalized spacial score (nSPS) is 9.85. The van der Waals surface area contributed by atoms with Crippen molar-refractivity contribution in [1.82, 2.24) is 5.32 Å². The molecule has 2 rings (SSSR count). The van der Waals surface area contributed by atoms with Gasteiger partial charge in [-0.2, -0.15) is 0 Å². The molecule has 0 radical (unpaired) electrons. The van der Waals surface area contributed by atoms with E-state index >= 15 is 0 Å². The molecule has 0 saturated carbocycles. The Morgan fingerprint density at radius 3 is 2.40 bits per heavy atom. The maximum Gasteiger partial charge on any atom is 0.171 e. The molecular weight excluding hydrogens is 268 g/mol. The molecule has 4 heteroatoms. The summed E-state index contributed by atoms with van der Waals surface area (Å²) in [5, 5.41) is 6.93. The molecule has 3 nitrogen and oxygen atoms in total. The highest BCUT2D eigenvalue weighted by Gasteiger charge is 1.99. The van der Waals surface area contributed by atoms with Crippen LogP contribution < -0.4 is 15.4 Å². The van der Waals surface area contributed by atoms with Gasteiger partial charge in [0.1, 0.15) is 5.75 Å². The standard InChI is InChI=1S/C16H18N2OS/c1-2-19-15-10-8-14(9-11-15)18-16(20)17-12-13-6-4-3-5-7-13/h3-11H,2,12H2,1H3,(H2,17,18,20). The van der Waals surface area contributed by atoms with Gasteiger partial charge < -0.3 is 15.4 Å². The molecule has 2 aromatic rings. The maximum absolute atomic E-state index is 5.39. The summed E-state index contributed by atoms with van der Waals surface area (Å²) in [7, 11) is 0. The summed E-state index contributed by atoms with van der Waals surface area (Å²) in [4.78, 5) is 0. The molecule has 0 atom stereocenters. The number of ether oxygens (including phenoxy) is 1. The zero-order valence-electron chi connectivity index (χ0n) is 11.4. The Kier molecular flexibility index (Phi) is 5.38. The zero-order valence-corrected chi connectivity index (χ0v) is 12.2. The van der Waals surface area contributed by atoms with Gasteiger partial charge in [-0.05, 0) is 49.0 Å². The molecule has 20 heavy (non-hydrogen) atoms. The fraction of sp³-hybridized carbons (Fsp3) is 0.188. The molecule has 0 saturated heterocycles. The van der Waals surface area contributed by atoms with Crippen molar-refractivity contribution in [3.63, 3.8) is 0 Å². The number of nitrogens with one attached hydrogen (secondary N) is 2. The van der Waals surface area contributed by atoms with Crippen molar-refractivity contribution in [2.75, 3.05) is 11.9 Å². The first-order valence-corrected chi connectivity index (χ1v) is 7.00. The molecular formula is C16H18N2OS. The van der Waals surface area contributed by atoms with Gasteiger partial charge in [-0.15, -0.1) is 0 Å². The molecule has 0 aliphatic carbocycles. The lowest BCUT2D eigenvalue weighted by Gasteiger charge is -2.11. The van der Waals surface area contributed by atoms with Crippen LogP contribution in [0.25, 0.3) is 0 Å². The predicted molar refractivity (Wildman–Crippen MR) is 87.1 cm³/mol. The number of anilines is 1. The number of hydrogen-bond donors (Lipinski definition) is 2. The van der Waals surface area contributed by atoms with Crippen LogP contribution in [0.5, 0.6) is 5.75 Å². The van der Waals surface area contributed by atoms with Gasteiger partial charge in [-0.25, -0.2) is 0 Å². The smallest absolute Gasteiger partial charge is 0.171 e. The number of benzene rings is 2. The first kappa shape index (κ1) is 14.3. The number of hydrogen-bond acceptors (Lipinski definition) is 2. The summed E-state index contributed by atoms with van der Waals surface area (Å²) in [5.74, 6) is 0.862. The lowest BCUT2D eigenvalue weighted by atomic mass is 10.2. The van der Waals surface area contributed by atoms with E-state index in [-0.39, 0.29) is 0 Å². The lowest BCUT2D eigenvalue weighted by molar-refractivity contribution is 0.340. The van der Waals surface area contributed by atoms with E-state index in [0.717, 1.165) is 11.4 Å². The fourth-order valence-electron chi connectivity index (χ4n) is 1.75. The Bertz CT molecular complexity index is 540. The summed E-state index contributed by atoms with van der Waals surface area (Å²) in [5.41, 5.74) is 2.14. The van der Waals surface area contributed by atoms with E-state index in [1.165, 1.54) is 5.56 Å². The number of thiocarbonyl (C=S) groups is 1. The Balaban J connectivity index is 1.82. The minimum atomic E-state index is 0.609. The van der Waals surface area contributed by atoms with Gasteiger partial charge in [-0.3, -0.25) is 0 Å². The topological polar surface area (TPSA) is 33.3 Å². The van der Waals surface area contributed by atoms with Crippen LogP contribution in [0.4, 0.5) is 5.69 Å². The van der Waals surface area contributed by atoms with Gasteiger partial charge >= 0.3 is 0 Å². The predicted octanol–water partition coefficient (Wildman–Crippen LogP) is 3.57. The van der Waals surface area contributed by atoms with Crippen molar-refractivity contribution < 1.29 is 4.74 Å². The molecule has 0 aromatic heterocycles. The summed E-state index contributed by atoms with van der Waals surface area (Å²) in [6, 6.07) is 17.9. The molecule has 104 valence electrons. The van der Waals surface area contributed by atoms with Crippen molar-refractivity contribution in [2.24, 2.45) is 0 Å². The van der Waals surface area contributed by atoms with Gasteiger partial charge in [0.15, 0.2) is 5.11 Å². The largest absolute Gasteiger partial charge is 0.494 e. The molecule has 2 N–H and O–H groups in total. The molecule has 0 aliphatic heterocycles. The SMILES string of the molecule is CCOc1ccc(NC(=S)NCc2ccccc2)cc1. The summed E-state index contributed by atoms with van der Waals surface area (Å²) in [6.45, 7) is 3.35. The molecule has 0 aliphatic rings. The average Bonchev–Trinajstić information content (AvgIpc) is 2.49. The molecule has 0 amide bonds. The van der Waals surface area contributed by atoms with Crippen LogP contribution in [0.2, 0.25) is 0 Å². The van der Waals surface area contributed by atoms with Gasteiger partial charge in [0.25, 0.3) is 0 Å². The highest BCUT2D eigenvalue weighted by molar-refractivity contribution is 7.80. The first-order chi connectivity index (χ1) is 9.78. The van der Waals surface area contributed by atoms with Crippen molar-refractivity contribution in [3.8, 4) is 5.75 Å². The van der Waals surface area contributed by atoms with Crippen LogP contribution in [0, 0.1) is 0 Å². The van der Waals surface area contributed by atoms with E-state index in [4.69, 9.17) is 17.0 Å². The van der Waals surface area contributed by atoms with E-state index < -0.39 is 0 Å². The molecule has 0 fully saturated rings. The van der Waals surface area contributed by atoms with Crippen molar-refractivity contribution in [2.45, 2.75) is 13.5 Å². The highest BCUT2D eigenvalue weighted by Crippen LogP contribution is 2.15. The third-order valence-electron chi connectivity index (χ3n) is 2.72. The Morgan fingerprint density at radius 1 is 1.05 bits per heavy atom. The Morgan fingerprint density at radius 2 is 1.75 bits per heavy atom. The zero-order chi connectivity index (χ0) is 14.2. The second kappa shape index (κ2) is 7.50. The minimum Gasteiger partial charge on any atom is -0.494 e. The minimum absolute atomic E-state index is 0.609. The average molecular weight is 286 g/mol. The molecule has 2 aromatic carbocycles. The summed E-state index contributed by atoms with van der Waals surface area (Å²) in [6.07, 6.45) is 0. The van der Waals surface area contributed by atoms with Gasteiger partial charge in [0.2, 0.25) is 0 Å². The van der Waals surface area contributed by atoms with Crippen LogP contribution in [0.1, 0.15) is 12.5 Å². The monoisotopic (exact) mass is 286 g/mol. The third kappa shape index (κ3) is 4.55. The van der Waals surface area contributed by atoms with E-state index in [2.05, 4.69) is 22.8 Å². The second-order valence-corrected chi connectivity index (χ2v) is 4.66. The molecule has 0 heterocycles. The first-order valence-electron chi connectivity index (χ1n) is 6.59. The van der Waals surface area contributed by atoms with Crippen LogP contribution in [0.15, 0.2) is 54.6 Å². The quantitative estimate of drug-likeness (QED) is 0.823. The maximum atomic E-state index is 5.39. The second-order valence-electron chi connectivity index (χ2n) is 4.25. The third-order valence-corrected chi connectivity index (χ3v) is 2.97. The van der Waals surface area contributed by atoms with E-state index in [9.17, 15) is 0 Å². The highest BCUT2D eigenvalue weighted by atomic mass is 32.1. The lowest BCUT2D eigenvalue weighted by Crippen LogP contribution is -2.27. The molecule has 0 bridgehead atoms. The van der Waals surface area contributed by atoms with Crippen LogP contribution in [-0.2, 0) is 6.54 Å². The van der Waals surface area contributed by atoms with E-state index in [1.54, 1.807) is 0 Å². The van der Waals surface area contributed by atoms with E-state index in [1.807, 2.05) is 49.4 Å². The molecule has 0 unspecified atom stereocenters. The van der Waals surface area contributed by atoms with Gasteiger partial charge in [-0.1, -0.05) is 30.3 Å². The summed E-state index contributed by atoms with van der Waals surface area (Å²) >= 11 is 5.27. The molecule has 0 spiro atoms. The Labute approximate surface area is 125 Å². The van der Waals surface area contributed by atoms with Gasteiger partial charge in [0.05, 0.1) is 6.61 Å². The fourth-order valence-corrected chi connectivity index (χ4v) is 1.94. The summed E-state index contributed by atoms with van der Waals surface area (Å²) < 4.78 is 5.39.